The third kappa shape index (κ3) is 2.97. The van der Waals surface area contributed by atoms with Crippen molar-refractivity contribution in [3.05, 3.63) is 0 Å². The van der Waals surface area contributed by atoms with Gasteiger partial charge in [0, 0.05) is 33.1 Å². The van der Waals surface area contributed by atoms with Gasteiger partial charge in [0.2, 0.25) is 11.8 Å². The predicted octanol–water partition coefficient (Wildman–Crippen LogP) is 0.462. The maximum atomic E-state index is 11.4. The van der Waals surface area contributed by atoms with E-state index in [1.54, 1.807) is 16.7 Å². The summed E-state index contributed by atoms with van der Waals surface area (Å²) in [7, 11) is 0. The smallest absolute Gasteiger partial charge is 0.233 e. The van der Waals surface area contributed by atoms with E-state index in [9.17, 15) is 9.59 Å². The van der Waals surface area contributed by atoms with Crippen molar-refractivity contribution in [2.45, 2.75) is 13.3 Å². The lowest BCUT2D eigenvalue weighted by Gasteiger charge is -2.20. The van der Waals surface area contributed by atoms with Crippen LogP contribution in [0.2, 0.25) is 0 Å². The minimum Gasteiger partial charge on any atom is -0.341 e. The molecule has 1 fully saturated rings. The van der Waals surface area contributed by atoms with E-state index < -0.39 is 0 Å². The maximum Gasteiger partial charge on any atom is 0.233 e. The van der Waals surface area contributed by atoms with Crippen LogP contribution in [0.15, 0.2) is 0 Å². The molecule has 0 radical (unpaired) electrons. The standard InChI is InChI=1S/C9H15BrN2O2/c1-8(13)11-3-2-4-12(6-5-11)9(14)7-10/h2-7H2,1H3. The van der Waals surface area contributed by atoms with Gasteiger partial charge in [0.1, 0.15) is 0 Å². The Labute approximate surface area is 92.4 Å². The summed E-state index contributed by atoms with van der Waals surface area (Å²) in [4.78, 5) is 26.1. The summed E-state index contributed by atoms with van der Waals surface area (Å²) < 4.78 is 0. The fraction of sp³-hybridized carbons (Fsp3) is 0.778. The van der Waals surface area contributed by atoms with Crippen molar-refractivity contribution in [1.29, 1.82) is 0 Å². The summed E-state index contributed by atoms with van der Waals surface area (Å²) >= 11 is 3.15. The van der Waals surface area contributed by atoms with E-state index in [0.717, 1.165) is 19.5 Å². The molecule has 0 aromatic carbocycles. The van der Waals surface area contributed by atoms with Gasteiger partial charge in [0.25, 0.3) is 0 Å². The van der Waals surface area contributed by atoms with Crippen LogP contribution < -0.4 is 0 Å². The second-order valence-electron chi connectivity index (χ2n) is 3.37. The van der Waals surface area contributed by atoms with Gasteiger partial charge in [-0.2, -0.15) is 0 Å². The van der Waals surface area contributed by atoms with E-state index in [1.165, 1.54) is 0 Å². The number of carbonyl (C=O) groups is 2. The summed E-state index contributed by atoms with van der Waals surface area (Å²) in [6.07, 6.45) is 0.873. The van der Waals surface area contributed by atoms with Gasteiger partial charge >= 0.3 is 0 Å². The third-order valence-corrected chi connectivity index (χ3v) is 2.89. The van der Waals surface area contributed by atoms with E-state index in [1.807, 2.05) is 0 Å². The molecular weight excluding hydrogens is 248 g/mol. The molecule has 4 nitrogen and oxygen atoms in total. The van der Waals surface area contributed by atoms with Crippen LogP contribution >= 0.6 is 15.9 Å². The summed E-state index contributed by atoms with van der Waals surface area (Å²) in [5, 5.41) is 0.368. The first-order valence-electron chi connectivity index (χ1n) is 4.74. The second-order valence-corrected chi connectivity index (χ2v) is 3.93. The SMILES string of the molecule is CC(=O)N1CCCN(C(=O)CBr)CC1. The monoisotopic (exact) mass is 262 g/mol. The molecular formula is C9H15BrN2O2. The quantitative estimate of drug-likeness (QED) is 0.645. The van der Waals surface area contributed by atoms with E-state index in [-0.39, 0.29) is 11.8 Å². The van der Waals surface area contributed by atoms with Crippen molar-refractivity contribution < 1.29 is 9.59 Å². The molecule has 0 bridgehead atoms. The Bertz CT molecular complexity index is 233. The molecule has 80 valence electrons. The van der Waals surface area contributed by atoms with Gasteiger partial charge in [-0.3, -0.25) is 9.59 Å². The van der Waals surface area contributed by atoms with E-state index >= 15 is 0 Å². The first kappa shape index (κ1) is 11.5. The van der Waals surface area contributed by atoms with Gasteiger partial charge in [0.15, 0.2) is 0 Å². The van der Waals surface area contributed by atoms with E-state index in [0.29, 0.717) is 18.4 Å². The number of rotatable bonds is 1. The van der Waals surface area contributed by atoms with Gasteiger partial charge in [-0.15, -0.1) is 0 Å². The minimum atomic E-state index is 0.0955. The number of hydrogen-bond donors (Lipinski definition) is 0. The zero-order valence-corrected chi connectivity index (χ0v) is 9.92. The van der Waals surface area contributed by atoms with Crippen molar-refractivity contribution in [2.24, 2.45) is 0 Å². The largest absolute Gasteiger partial charge is 0.341 e. The van der Waals surface area contributed by atoms with E-state index in [4.69, 9.17) is 0 Å². The molecule has 0 N–H and O–H groups in total. The number of amides is 2. The Kier molecular flexibility index (Phi) is 4.38. The van der Waals surface area contributed by atoms with Crippen molar-refractivity contribution in [2.75, 3.05) is 31.5 Å². The van der Waals surface area contributed by atoms with Crippen LogP contribution in [-0.4, -0.2) is 53.1 Å². The van der Waals surface area contributed by atoms with Crippen LogP contribution in [0.4, 0.5) is 0 Å². The summed E-state index contributed by atoms with van der Waals surface area (Å²) in [5.41, 5.74) is 0. The Balaban J connectivity index is 2.48. The molecule has 0 unspecified atom stereocenters. The molecule has 1 saturated heterocycles. The topological polar surface area (TPSA) is 40.6 Å². The zero-order chi connectivity index (χ0) is 10.6. The average Bonchev–Trinajstić information content (AvgIpc) is 2.41. The van der Waals surface area contributed by atoms with Gasteiger partial charge in [-0.25, -0.2) is 0 Å². The molecule has 5 heteroatoms. The Hall–Kier alpha value is -0.580. The normalized spacial score (nSPS) is 17.9. The van der Waals surface area contributed by atoms with Crippen molar-refractivity contribution in [1.82, 2.24) is 9.80 Å². The summed E-state index contributed by atoms with van der Waals surface area (Å²) in [5.74, 6) is 0.202. The summed E-state index contributed by atoms with van der Waals surface area (Å²) in [6, 6.07) is 0. The molecule has 0 spiro atoms. The lowest BCUT2D eigenvalue weighted by atomic mass is 10.4. The molecule has 0 saturated carbocycles. The Morgan fingerprint density at radius 1 is 1.14 bits per heavy atom. The fourth-order valence-electron chi connectivity index (χ4n) is 1.57. The zero-order valence-electron chi connectivity index (χ0n) is 8.33. The first-order valence-corrected chi connectivity index (χ1v) is 5.86. The predicted molar refractivity (Wildman–Crippen MR) is 57.2 cm³/mol. The molecule has 0 atom stereocenters. The molecule has 1 aliphatic rings. The summed E-state index contributed by atoms with van der Waals surface area (Å²) in [6.45, 7) is 4.41. The van der Waals surface area contributed by atoms with Gasteiger partial charge in [-0.05, 0) is 6.42 Å². The van der Waals surface area contributed by atoms with Gasteiger partial charge in [0.05, 0.1) is 5.33 Å². The number of alkyl halides is 1. The number of carbonyl (C=O) groups excluding carboxylic acids is 2. The van der Waals surface area contributed by atoms with Gasteiger partial charge < -0.3 is 9.80 Å². The number of halogens is 1. The first-order chi connectivity index (χ1) is 6.65. The highest BCUT2D eigenvalue weighted by Crippen LogP contribution is 2.04. The van der Waals surface area contributed by atoms with Crippen molar-refractivity contribution in [3.8, 4) is 0 Å². The fourth-order valence-corrected chi connectivity index (χ4v) is 1.92. The number of hydrogen-bond acceptors (Lipinski definition) is 2. The second kappa shape index (κ2) is 5.34. The molecule has 0 aliphatic carbocycles. The Morgan fingerprint density at radius 3 is 2.29 bits per heavy atom. The van der Waals surface area contributed by atoms with Crippen LogP contribution in [0, 0.1) is 0 Å². The highest BCUT2D eigenvalue weighted by Gasteiger charge is 2.18. The van der Waals surface area contributed by atoms with Crippen molar-refractivity contribution >= 4 is 27.7 Å². The number of nitrogens with zero attached hydrogens (tertiary/aromatic N) is 2. The van der Waals surface area contributed by atoms with Gasteiger partial charge in [-0.1, -0.05) is 15.9 Å². The molecule has 0 aromatic rings. The van der Waals surface area contributed by atoms with Crippen molar-refractivity contribution in [3.63, 3.8) is 0 Å². The van der Waals surface area contributed by atoms with Crippen LogP contribution in [0.1, 0.15) is 13.3 Å². The molecule has 1 aliphatic heterocycles. The highest BCUT2D eigenvalue weighted by atomic mass is 79.9. The molecule has 1 heterocycles. The van der Waals surface area contributed by atoms with Crippen LogP contribution in [-0.2, 0) is 9.59 Å². The lowest BCUT2D eigenvalue weighted by molar-refractivity contribution is -0.130. The third-order valence-electron chi connectivity index (χ3n) is 2.41. The van der Waals surface area contributed by atoms with Crippen LogP contribution in [0.25, 0.3) is 0 Å². The highest BCUT2D eigenvalue weighted by molar-refractivity contribution is 9.09. The van der Waals surface area contributed by atoms with E-state index in [2.05, 4.69) is 15.9 Å². The Morgan fingerprint density at radius 2 is 1.71 bits per heavy atom. The molecule has 1 rings (SSSR count). The average molecular weight is 263 g/mol. The maximum absolute atomic E-state index is 11.4. The molecule has 14 heavy (non-hydrogen) atoms. The molecule has 0 aromatic heterocycles. The molecule has 2 amide bonds. The minimum absolute atomic E-state index is 0.0955. The lowest BCUT2D eigenvalue weighted by Crippen LogP contribution is -2.36. The van der Waals surface area contributed by atoms with Crippen LogP contribution in [0.3, 0.4) is 0 Å². The van der Waals surface area contributed by atoms with Crippen LogP contribution in [0.5, 0.6) is 0 Å².